The van der Waals surface area contributed by atoms with Gasteiger partial charge >= 0.3 is 0 Å². The summed E-state index contributed by atoms with van der Waals surface area (Å²) in [6.45, 7) is 6.82. The fourth-order valence-electron chi connectivity index (χ4n) is 2.91. The number of rotatable bonds is 5. The molecule has 0 saturated carbocycles. The smallest absolute Gasteiger partial charge is 0.0746 e. The topological polar surface area (TPSA) is 45.1 Å². The molecule has 3 nitrogen and oxygen atoms in total. The van der Waals surface area contributed by atoms with E-state index in [-0.39, 0.29) is 0 Å². The zero-order chi connectivity index (χ0) is 13.2. The molecule has 1 aromatic heterocycles. The Morgan fingerprint density at radius 1 is 1.56 bits per heavy atom. The first kappa shape index (κ1) is 13.5. The van der Waals surface area contributed by atoms with E-state index in [4.69, 9.17) is 0 Å². The van der Waals surface area contributed by atoms with E-state index in [1.54, 1.807) is 0 Å². The highest BCUT2D eigenvalue weighted by Crippen LogP contribution is 2.29. The Labute approximate surface area is 110 Å². The Bertz CT molecular complexity index is 401. The second-order valence-electron chi connectivity index (χ2n) is 6.11. The summed E-state index contributed by atoms with van der Waals surface area (Å²) in [7, 11) is 0. The summed E-state index contributed by atoms with van der Waals surface area (Å²) >= 11 is 0. The van der Waals surface area contributed by atoms with E-state index in [1.165, 1.54) is 5.56 Å². The maximum Gasteiger partial charge on any atom is 0.0746 e. The van der Waals surface area contributed by atoms with Crippen LogP contribution in [0.3, 0.4) is 0 Å². The quantitative estimate of drug-likeness (QED) is 0.841. The highest BCUT2D eigenvalue weighted by molar-refractivity contribution is 5.27. The molecule has 0 amide bonds. The van der Waals surface area contributed by atoms with Crippen LogP contribution in [-0.4, -0.2) is 22.2 Å². The fourth-order valence-corrected chi connectivity index (χ4v) is 2.91. The molecule has 2 atom stereocenters. The molecule has 1 heterocycles. The first-order valence-corrected chi connectivity index (χ1v) is 6.87. The third-order valence-corrected chi connectivity index (χ3v) is 3.54. The van der Waals surface area contributed by atoms with Gasteiger partial charge in [0.25, 0.3) is 0 Å². The van der Waals surface area contributed by atoms with Crippen LogP contribution in [0.2, 0.25) is 0 Å². The van der Waals surface area contributed by atoms with Crippen molar-refractivity contribution in [2.45, 2.75) is 51.7 Å². The molecule has 0 radical (unpaired) electrons. The number of aliphatic hydroxyl groups is 1. The molecule has 2 unspecified atom stereocenters. The molecule has 0 saturated heterocycles. The minimum absolute atomic E-state index is 0.305. The lowest BCUT2D eigenvalue weighted by atomic mass is 9.94. The first-order valence-electron chi connectivity index (χ1n) is 6.87. The zero-order valence-corrected chi connectivity index (χ0v) is 11.6. The molecule has 0 spiro atoms. The van der Waals surface area contributed by atoms with E-state index < -0.39 is 5.60 Å². The average molecular weight is 248 g/mol. The predicted octanol–water partition coefficient (Wildman–Crippen LogP) is 2.46. The van der Waals surface area contributed by atoms with Gasteiger partial charge in [-0.2, -0.15) is 0 Å². The van der Waals surface area contributed by atoms with Crippen molar-refractivity contribution in [3.8, 4) is 0 Å². The van der Waals surface area contributed by atoms with Gasteiger partial charge in [-0.05, 0) is 43.7 Å². The van der Waals surface area contributed by atoms with Crippen molar-refractivity contribution in [2.24, 2.45) is 5.92 Å². The molecule has 0 bridgehead atoms. The van der Waals surface area contributed by atoms with Crippen molar-refractivity contribution in [3.63, 3.8) is 0 Å². The van der Waals surface area contributed by atoms with Crippen molar-refractivity contribution >= 4 is 0 Å². The minimum Gasteiger partial charge on any atom is -0.389 e. The molecule has 0 aliphatic heterocycles. The highest BCUT2D eigenvalue weighted by Gasteiger charge is 2.27. The molecule has 2 rings (SSSR count). The molecule has 100 valence electrons. The minimum atomic E-state index is -0.633. The lowest BCUT2D eigenvalue weighted by Crippen LogP contribution is -2.40. The summed E-state index contributed by atoms with van der Waals surface area (Å²) < 4.78 is 0. The van der Waals surface area contributed by atoms with Crippen LogP contribution in [-0.2, 0) is 6.42 Å². The summed E-state index contributed by atoms with van der Waals surface area (Å²) in [5, 5.41) is 13.8. The van der Waals surface area contributed by atoms with E-state index in [1.807, 2.05) is 19.2 Å². The molecule has 18 heavy (non-hydrogen) atoms. The molecule has 3 heteroatoms. The van der Waals surface area contributed by atoms with Crippen LogP contribution in [0.1, 0.15) is 50.9 Å². The molecule has 0 aromatic carbocycles. The predicted molar refractivity (Wildman–Crippen MR) is 73.4 cm³/mol. The molecule has 2 N–H and O–H groups in total. The van der Waals surface area contributed by atoms with E-state index in [2.05, 4.69) is 30.2 Å². The lowest BCUT2D eigenvalue weighted by Gasteiger charge is -2.27. The first-order chi connectivity index (χ1) is 8.48. The summed E-state index contributed by atoms with van der Waals surface area (Å²) in [4.78, 5) is 4.46. The van der Waals surface area contributed by atoms with Gasteiger partial charge in [-0.25, -0.2) is 0 Å². The van der Waals surface area contributed by atoms with Gasteiger partial charge < -0.3 is 10.4 Å². The Morgan fingerprint density at radius 3 is 3.06 bits per heavy atom. The van der Waals surface area contributed by atoms with Crippen LogP contribution >= 0.6 is 0 Å². The maximum absolute atomic E-state index is 10.3. The Balaban J connectivity index is 1.92. The third-order valence-electron chi connectivity index (χ3n) is 3.54. The van der Waals surface area contributed by atoms with E-state index in [0.29, 0.717) is 18.5 Å². The standard InChI is InChI=1S/C15H24N2O/c1-11(2)9-15(3,18)10-17-13-7-6-12-5-4-8-16-14(12)13/h4-5,8,11,13,17-18H,6-7,9-10H2,1-3H3. The van der Waals surface area contributed by atoms with Crippen molar-refractivity contribution < 1.29 is 5.11 Å². The summed E-state index contributed by atoms with van der Waals surface area (Å²) in [5.74, 6) is 0.510. The number of nitrogens with zero attached hydrogens (tertiary/aromatic N) is 1. The molecule has 1 aromatic rings. The number of hydrogen-bond donors (Lipinski definition) is 2. The van der Waals surface area contributed by atoms with Crippen LogP contribution < -0.4 is 5.32 Å². The van der Waals surface area contributed by atoms with Crippen molar-refractivity contribution in [1.29, 1.82) is 0 Å². The maximum atomic E-state index is 10.3. The van der Waals surface area contributed by atoms with Crippen molar-refractivity contribution in [2.75, 3.05) is 6.54 Å². The molecular formula is C15H24N2O. The van der Waals surface area contributed by atoms with Crippen LogP contribution in [0, 0.1) is 5.92 Å². The monoisotopic (exact) mass is 248 g/mol. The number of hydrogen-bond acceptors (Lipinski definition) is 3. The molecule has 1 aliphatic rings. The van der Waals surface area contributed by atoms with Crippen LogP contribution in [0.5, 0.6) is 0 Å². The fraction of sp³-hybridized carbons (Fsp3) is 0.667. The number of aromatic nitrogens is 1. The summed E-state index contributed by atoms with van der Waals surface area (Å²) in [5.41, 5.74) is 1.88. The number of nitrogens with one attached hydrogen (secondary N) is 1. The van der Waals surface area contributed by atoms with Gasteiger partial charge in [0.2, 0.25) is 0 Å². The van der Waals surface area contributed by atoms with E-state index in [0.717, 1.165) is 25.0 Å². The Kier molecular flexibility index (Phi) is 4.03. The Morgan fingerprint density at radius 2 is 2.33 bits per heavy atom. The zero-order valence-electron chi connectivity index (χ0n) is 11.6. The van der Waals surface area contributed by atoms with Crippen LogP contribution in [0.4, 0.5) is 0 Å². The molecular weight excluding hydrogens is 224 g/mol. The second-order valence-corrected chi connectivity index (χ2v) is 6.11. The van der Waals surface area contributed by atoms with Gasteiger partial charge in [0.05, 0.1) is 17.3 Å². The van der Waals surface area contributed by atoms with E-state index >= 15 is 0 Å². The largest absolute Gasteiger partial charge is 0.389 e. The highest BCUT2D eigenvalue weighted by atomic mass is 16.3. The van der Waals surface area contributed by atoms with Gasteiger partial charge in [-0.1, -0.05) is 19.9 Å². The van der Waals surface area contributed by atoms with Crippen LogP contribution in [0.25, 0.3) is 0 Å². The van der Waals surface area contributed by atoms with Gasteiger partial charge in [-0.3, -0.25) is 4.98 Å². The number of aryl methyl sites for hydroxylation is 1. The van der Waals surface area contributed by atoms with Gasteiger partial charge in [0, 0.05) is 12.7 Å². The second kappa shape index (κ2) is 5.37. The average Bonchev–Trinajstić information content (AvgIpc) is 2.68. The van der Waals surface area contributed by atoms with Gasteiger partial charge in [-0.15, -0.1) is 0 Å². The SMILES string of the molecule is CC(C)CC(C)(O)CNC1CCc2cccnc21. The van der Waals surface area contributed by atoms with Crippen molar-refractivity contribution in [3.05, 3.63) is 29.6 Å². The summed E-state index contributed by atoms with van der Waals surface area (Å²) in [6, 6.07) is 4.45. The van der Waals surface area contributed by atoms with Gasteiger partial charge in [0.15, 0.2) is 0 Å². The molecule has 1 aliphatic carbocycles. The van der Waals surface area contributed by atoms with Crippen molar-refractivity contribution in [1.82, 2.24) is 10.3 Å². The lowest BCUT2D eigenvalue weighted by molar-refractivity contribution is 0.0358. The Hall–Kier alpha value is -0.930. The summed E-state index contributed by atoms with van der Waals surface area (Å²) in [6.07, 6.45) is 4.85. The van der Waals surface area contributed by atoms with E-state index in [9.17, 15) is 5.11 Å². The third kappa shape index (κ3) is 3.30. The van der Waals surface area contributed by atoms with Crippen LogP contribution in [0.15, 0.2) is 18.3 Å². The number of pyridine rings is 1. The van der Waals surface area contributed by atoms with Gasteiger partial charge in [0.1, 0.15) is 0 Å². The normalized spacial score (nSPS) is 21.9. The number of fused-ring (bicyclic) bond motifs is 1. The molecule has 0 fully saturated rings.